The van der Waals surface area contributed by atoms with Crippen LogP contribution in [0.5, 0.6) is 0 Å². The second-order valence-electron chi connectivity index (χ2n) is 15.6. The van der Waals surface area contributed by atoms with Crippen LogP contribution in [0.1, 0.15) is 25.0 Å². The zero-order valence-electron chi connectivity index (χ0n) is 32.1. The number of hydrogen-bond acceptors (Lipinski definition) is 4. The van der Waals surface area contributed by atoms with Crippen LogP contribution < -0.4 is 0 Å². The van der Waals surface area contributed by atoms with Gasteiger partial charge in [0.1, 0.15) is 0 Å². The molecule has 1 aliphatic rings. The molecular formula is C54H37N3S. The van der Waals surface area contributed by atoms with Gasteiger partial charge in [0.2, 0.25) is 0 Å². The predicted octanol–water partition coefficient (Wildman–Crippen LogP) is 14.5. The summed E-state index contributed by atoms with van der Waals surface area (Å²) in [6.07, 6.45) is 0. The van der Waals surface area contributed by atoms with Gasteiger partial charge in [-0.1, -0.05) is 190 Å². The van der Waals surface area contributed by atoms with Gasteiger partial charge >= 0.3 is 0 Å². The Bertz CT molecular complexity index is 3180. The van der Waals surface area contributed by atoms with Crippen LogP contribution in [0.2, 0.25) is 0 Å². The molecule has 0 bridgehead atoms. The number of hydrogen-bond donors (Lipinski definition) is 0. The van der Waals surface area contributed by atoms with Crippen molar-refractivity contribution in [3.05, 3.63) is 199 Å². The smallest absolute Gasteiger partial charge is 0.164 e. The molecule has 0 N–H and O–H groups in total. The van der Waals surface area contributed by atoms with Gasteiger partial charge in [-0.15, -0.1) is 11.3 Å². The van der Waals surface area contributed by atoms with Crippen LogP contribution in [0.4, 0.5) is 0 Å². The molecule has 1 aliphatic carbocycles. The van der Waals surface area contributed by atoms with E-state index in [0.29, 0.717) is 17.5 Å². The summed E-state index contributed by atoms with van der Waals surface area (Å²) in [6, 6.07) is 67.2. The average Bonchev–Trinajstić information content (AvgIpc) is 3.78. The van der Waals surface area contributed by atoms with Crippen LogP contribution in [-0.4, -0.2) is 15.0 Å². The number of fused-ring (bicyclic) bond motifs is 6. The van der Waals surface area contributed by atoms with E-state index >= 15 is 0 Å². The van der Waals surface area contributed by atoms with E-state index in [1.165, 1.54) is 53.6 Å². The highest BCUT2D eigenvalue weighted by Crippen LogP contribution is 2.51. The first-order valence-electron chi connectivity index (χ1n) is 19.8. The van der Waals surface area contributed by atoms with Crippen molar-refractivity contribution in [3.63, 3.8) is 0 Å². The molecule has 4 heteroatoms. The molecule has 58 heavy (non-hydrogen) atoms. The summed E-state index contributed by atoms with van der Waals surface area (Å²) >= 11 is 1.86. The van der Waals surface area contributed by atoms with E-state index in [1.807, 2.05) is 17.4 Å². The molecule has 2 heterocycles. The standard InChI is InChI=1S/C54H37N3S/c1-54(2)46-20-10-8-18-44(46)50-45(19-12-21-47(50)54)53-56-51(55-52(57-53)43-17-7-6-15-40(43)37-13-4-3-5-14-37)38-29-27-35(28-30-38)34-23-25-36(26-24-34)39-31-32-42-41-16-9-11-22-48(41)58-49(42)33-39/h3-33H,1-2H3. The Kier molecular flexibility index (Phi) is 8.02. The van der Waals surface area contributed by atoms with E-state index in [9.17, 15) is 0 Å². The zero-order valence-corrected chi connectivity index (χ0v) is 33.0. The molecule has 0 spiro atoms. The zero-order chi connectivity index (χ0) is 38.8. The molecule has 2 aromatic heterocycles. The number of aromatic nitrogens is 3. The van der Waals surface area contributed by atoms with Crippen molar-refractivity contribution in [1.82, 2.24) is 15.0 Å². The monoisotopic (exact) mass is 759 g/mol. The molecule has 8 aromatic carbocycles. The molecule has 0 atom stereocenters. The summed E-state index contributed by atoms with van der Waals surface area (Å²) in [5, 5.41) is 2.65. The predicted molar refractivity (Wildman–Crippen MR) is 243 cm³/mol. The normalized spacial score (nSPS) is 12.8. The second-order valence-corrected chi connectivity index (χ2v) is 16.7. The molecule has 3 nitrogen and oxygen atoms in total. The Labute approximate surface area is 342 Å². The maximum absolute atomic E-state index is 5.29. The van der Waals surface area contributed by atoms with Gasteiger partial charge in [-0.05, 0) is 67.8 Å². The molecular weight excluding hydrogens is 723 g/mol. The van der Waals surface area contributed by atoms with Gasteiger partial charge in [0, 0.05) is 42.3 Å². The van der Waals surface area contributed by atoms with Crippen LogP contribution in [0.3, 0.4) is 0 Å². The lowest BCUT2D eigenvalue weighted by Gasteiger charge is -2.21. The molecule has 0 unspecified atom stereocenters. The van der Waals surface area contributed by atoms with Crippen LogP contribution >= 0.6 is 11.3 Å². The Morgan fingerprint density at radius 2 is 0.862 bits per heavy atom. The maximum atomic E-state index is 5.29. The Hall–Kier alpha value is -7.01. The topological polar surface area (TPSA) is 38.7 Å². The summed E-state index contributed by atoms with van der Waals surface area (Å²) in [6.45, 7) is 4.62. The van der Waals surface area contributed by atoms with Crippen molar-refractivity contribution < 1.29 is 0 Å². The van der Waals surface area contributed by atoms with Crippen molar-refractivity contribution >= 4 is 31.5 Å². The van der Waals surface area contributed by atoms with Gasteiger partial charge in [0.15, 0.2) is 17.5 Å². The molecule has 0 fully saturated rings. The largest absolute Gasteiger partial charge is 0.208 e. The van der Waals surface area contributed by atoms with E-state index < -0.39 is 0 Å². The fraction of sp³-hybridized carbons (Fsp3) is 0.0556. The van der Waals surface area contributed by atoms with Gasteiger partial charge in [0.25, 0.3) is 0 Å². The number of thiophene rings is 1. The van der Waals surface area contributed by atoms with Gasteiger partial charge < -0.3 is 0 Å². The summed E-state index contributed by atoms with van der Waals surface area (Å²) in [5.41, 5.74) is 14.8. The van der Waals surface area contributed by atoms with Crippen LogP contribution in [0.25, 0.3) is 98.8 Å². The molecule has 0 saturated heterocycles. The van der Waals surface area contributed by atoms with Crippen LogP contribution in [0.15, 0.2) is 188 Å². The second kappa shape index (κ2) is 13.6. The highest BCUT2D eigenvalue weighted by molar-refractivity contribution is 7.25. The van der Waals surface area contributed by atoms with Gasteiger partial charge in [0.05, 0.1) is 0 Å². The van der Waals surface area contributed by atoms with Crippen molar-refractivity contribution in [2.75, 3.05) is 0 Å². The van der Waals surface area contributed by atoms with E-state index in [2.05, 4.69) is 196 Å². The molecule has 0 amide bonds. The Balaban J connectivity index is 0.991. The fourth-order valence-corrected chi connectivity index (χ4v) is 9.95. The third-order valence-electron chi connectivity index (χ3n) is 11.8. The fourth-order valence-electron chi connectivity index (χ4n) is 8.81. The first-order valence-corrected chi connectivity index (χ1v) is 20.6. The highest BCUT2D eigenvalue weighted by Gasteiger charge is 2.37. The molecule has 274 valence electrons. The quantitative estimate of drug-likeness (QED) is 0.169. The van der Waals surface area contributed by atoms with Crippen molar-refractivity contribution in [2.45, 2.75) is 19.3 Å². The first kappa shape index (κ1) is 34.3. The lowest BCUT2D eigenvalue weighted by Crippen LogP contribution is -2.14. The molecule has 0 saturated carbocycles. The minimum atomic E-state index is -0.138. The minimum Gasteiger partial charge on any atom is -0.208 e. The third kappa shape index (κ3) is 5.68. The Morgan fingerprint density at radius 3 is 1.62 bits per heavy atom. The minimum absolute atomic E-state index is 0.138. The van der Waals surface area contributed by atoms with Gasteiger partial charge in [-0.3, -0.25) is 0 Å². The van der Waals surface area contributed by atoms with Crippen molar-refractivity contribution in [1.29, 1.82) is 0 Å². The van der Waals surface area contributed by atoms with E-state index in [-0.39, 0.29) is 5.41 Å². The van der Waals surface area contributed by atoms with E-state index in [1.54, 1.807) is 0 Å². The van der Waals surface area contributed by atoms with Crippen LogP contribution in [0, 0.1) is 0 Å². The summed E-state index contributed by atoms with van der Waals surface area (Å²) in [4.78, 5) is 15.8. The molecule has 10 aromatic rings. The summed E-state index contributed by atoms with van der Waals surface area (Å²) in [5.74, 6) is 1.96. The highest BCUT2D eigenvalue weighted by atomic mass is 32.1. The number of benzene rings is 8. The van der Waals surface area contributed by atoms with Crippen molar-refractivity contribution in [2.24, 2.45) is 0 Å². The van der Waals surface area contributed by atoms with E-state index in [4.69, 9.17) is 15.0 Å². The average molecular weight is 760 g/mol. The lowest BCUT2D eigenvalue weighted by atomic mass is 9.82. The molecule has 0 aliphatic heterocycles. The summed E-state index contributed by atoms with van der Waals surface area (Å²) < 4.78 is 2.64. The Morgan fingerprint density at radius 1 is 0.345 bits per heavy atom. The van der Waals surface area contributed by atoms with Crippen molar-refractivity contribution in [3.8, 4) is 78.7 Å². The maximum Gasteiger partial charge on any atom is 0.164 e. The first-order chi connectivity index (χ1) is 28.5. The van der Waals surface area contributed by atoms with Crippen LogP contribution in [-0.2, 0) is 5.41 Å². The van der Waals surface area contributed by atoms with Gasteiger partial charge in [-0.25, -0.2) is 15.0 Å². The molecule has 11 rings (SSSR count). The third-order valence-corrected chi connectivity index (χ3v) is 12.9. The van der Waals surface area contributed by atoms with E-state index in [0.717, 1.165) is 38.9 Å². The SMILES string of the molecule is CC1(C)c2ccccc2-c2c(-c3nc(-c4ccc(-c5ccc(-c6ccc7c(c6)sc6ccccc67)cc5)cc4)nc(-c4ccccc4-c4ccccc4)n3)cccc21. The molecule has 0 radical (unpaired) electrons. The number of rotatable bonds is 6. The summed E-state index contributed by atoms with van der Waals surface area (Å²) in [7, 11) is 0. The van der Waals surface area contributed by atoms with Gasteiger partial charge in [-0.2, -0.15) is 0 Å². The number of nitrogens with zero attached hydrogens (tertiary/aromatic N) is 3. The lowest BCUT2D eigenvalue weighted by molar-refractivity contribution is 0.660.